The van der Waals surface area contributed by atoms with Crippen LogP contribution in [0.1, 0.15) is 12.0 Å². The Morgan fingerprint density at radius 2 is 1.32 bits per heavy atom. The maximum Gasteiger partial charge on any atom is 0.333 e. The van der Waals surface area contributed by atoms with Gasteiger partial charge in [-0.1, -0.05) is 36.4 Å². The molecule has 3 aromatic rings. The molecule has 0 heterocycles. The summed E-state index contributed by atoms with van der Waals surface area (Å²) in [5.41, 5.74) is 9.58. The Hall–Kier alpha value is -3.51. The van der Waals surface area contributed by atoms with Gasteiger partial charge in [-0.3, -0.25) is 0 Å². The molecule has 0 aliphatic heterocycles. The molecule has 31 heavy (non-hydrogen) atoms. The number of carboxylic acids is 1. The Bertz CT molecular complexity index is 953. The fourth-order valence-electron chi connectivity index (χ4n) is 3.07. The number of rotatable bonds is 11. The van der Waals surface area contributed by atoms with Crippen molar-refractivity contribution in [2.24, 2.45) is 0 Å². The van der Waals surface area contributed by atoms with Gasteiger partial charge in [0.15, 0.2) is 6.10 Å². The molecule has 1 atom stereocenters. The average molecular weight is 421 g/mol. The summed E-state index contributed by atoms with van der Waals surface area (Å²) >= 11 is 0. The second kappa shape index (κ2) is 11.0. The summed E-state index contributed by atoms with van der Waals surface area (Å²) in [6, 6.07) is 23.1. The van der Waals surface area contributed by atoms with Crippen LogP contribution in [0.3, 0.4) is 0 Å². The molecule has 6 nitrogen and oxygen atoms in total. The number of hydrogen-bond acceptors (Lipinski definition) is 5. The van der Waals surface area contributed by atoms with Gasteiger partial charge in [-0.05, 0) is 53.1 Å². The fourth-order valence-corrected chi connectivity index (χ4v) is 3.07. The van der Waals surface area contributed by atoms with Gasteiger partial charge in [0.2, 0.25) is 0 Å². The summed E-state index contributed by atoms with van der Waals surface area (Å²) in [6.45, 7) is 1.08. The minimum atomic E-state index is -0.970. The number of carbonyl (C=O) groups is 1. The summed E-state index contributed by atoms with van der Waals surface area (Å²) in [5, 5.41) is 9.05. The normalized spacial score (nSPS) is 11.6. The number of aliphatic carboxylic acids is 1. The van der Waals surface area contributed by atoms with Crippen LogP contribution in [0.25, 0.3) is 11.1 Å². The van der Waals surface area contributed by atoms with Crippen LogP contribution in [0.4, 0.5) is 5.69 Å². The van der Waals surface area contributed by atoms with E-state index in [1.165, 1.54) is 7.11 Å². The molecular formula is C25H27NO5. The van der Waals surface area contributed by atoms with Crippen molar-refractivity contribution >= 4 is 11.7 Å². The second-order valence-corrected chi connectivity index (χ2v) is 7.11. The van der Waals surface area contributed by atoms with Gasteiger partial charge in [-0.15, -0.1) is 0 Å². The Morgan fingerprint density at radius 1 is 0.839 bits per heavy atom. The van der Waals surface area contributed by atoms with Crippen LogP contribution in [0.15, 0.2) is 72.8 Å². The molecule has 0 saturated heterocycles. The quantitative estimate of drug-likeness (QED) is 0.352. The summed E-state index contributed by atoms with van der Waals surface area (Å²) in [4.78, 5) is 11.0. The van der Waals surface area contributed by atoms with Crippen LogP contribution in [0.2, 0.25) is 0 Å². The number of methoxy groups -OCH3 is 1. The summed E-state index contributed by atoms with van der Waals surface area (Å²) in [6.07, 6.45) is 0.216. The number of nitrogens with two attached hydrogens (primary N) is 1. The van der Waals surface area contributed by atoms with Crippen molar-refractivity contribution in [3.8, 4) is 22.6 Å². The third-order valence-corrected chi connectivity index (χ3v) is 4.83. The molecular weight excluding hydrogens is 394 g/mol. The lowest BCUT2D eigenvalue weighted by atomic mass is 10.1. The second-order valence-electron chi connectivity index (χ2n) is 7.11. The number of nitrogen functional groups attached to an aromatic ring is 1. The first-order chi connectivity index (χ1) is 15.0. The van der Waals surface area contributed by atoms with E-state index in [-0.39, 0.29) is 0 Å². The summed E-state index contributed by atoms with van der Waals surface area (Å²) in [5.74, 6) is 0.582. The molecule has 0 aliphatic carbocycles. The Morgan fingerprint density at radius 3 is 1.81 bits per heavy atom. The van der Waals surface area contributed by atoms with Gasteiger partial charge in [-0.25, -0.2) is 4.79 Å². The van der Waals surface area contributed by atoms with Crippen molar-refractivity contribution in [1.82, 2.24) is 0 Å². The number of benzene rings is 3. The van der Waals surface area contributed by atoms with E-state index < -0.39 is 12.1 Å². The van der Waals surface area contributed by atoms with Crippen LogP contribution in [0.5, 0.6) is 11.5 Å². The minimum absolute atomic E-state index is 0.317. The van der Waals surface area contributed by atoms with E-state index in [0.717, 1.165) is 40.3 Å². The highest BCUT2D eigenvalue weighted by molar-refractivity contribution is 5.72. The van der Waals surface area contributed by atoms with Gasteiger partial charge in [0.05, 0.1) is 13.2 Å². The van der Waals surface area contributed by atoms with Crippen LogP contribution in [0, 0.1) is 0 Å². The van der Waals surface area contributed by atoms with Gasteiger partial charge >= 0.3 is 5.97 Å². The van der Waals surface area contributed by atoms with Gasteiger partial charge in [0.25, 0.3) is 0 Å². The first kappa shape index (κ1) is 22.2. The van der Waals surface area contributed by atoms with Crippen molar-refractivity contribution < 1.29 is 24.1 Å². The fraction of sp³-hybridized carbons (Fsp3) is 0.240. The Kier molecular flexibility index (Phi) is 7.90. The molecule has 0 bridgehead atoms. The standard InChI is InChI=1S/C25H27NO5/c1-29-24(25(27)28)17-18-3-11-22(12-4-18)30-15-2-16-31-23-13-7-20(8-14-23)19-5-9-21(26)10-6-19/h3-14,24H,2,15-17,26H2,1H3,(H,27,28)/t24-/m0/s1. The van der Waals surface area contributed by atoms with Gasteiger partial charge in [0.1, 0.15) is 11.5 Å². The SMILES string of the molecule is CO[C@@H](Cc1ccc(OCCCOc2ccc(-c3ccc(N)cc3)cc2)cc1)C(=O)O. The van der Waals surface area contributed by atoms with Crippen molar-refractivity contribution in [3.05, 3.63) is 78.4 Å². The lowest BCUT2D eigenvalue weighted by molar-refractivity contribution is -0.148. The Labute approximate surface area is 182 Å². The molecule has 0 spiro atoms. The Balaban J connectivity index is 1.38. The minimum Gasteiger partial charge on any atom is -0.493 e. The zero-order chi connectivity index (χ0) is 22.1. The van der Waals surface area contributed by atoms with Crippen molar-refractivity contribution in [1.29, 1.82) is 0 Å². The maximum absolute atomic E-state index is 11.0. The van der Waals surface area contributed by atoms with E-state index in [0.29, 0.717) is 19.6 Å². The van der Waals surface area contributed by atoms with Crippen LogP contribution >= 0.6 is 0 Å². The highest BCUT2D eigenvalue weighted by Gasteiger charge is 2.16. The predicted molar refractivity (Wildman–Crippen MR) is 120 cm³/mol. The van der Waals surface area contributed by atoms with E-state index in [1.807, 2.05) is 72.8 Å². The highest BCUT2D eigenvalue weighted by Crippen LogP contribution is 2.23. The third kappa shape index (κ3) is 6.76. The molecule has 162 valence electrons. The topological polar surface area (TPSA) is 91.0 Å². The molecule has 6 heteroatoms. The lowest BCUT2D eigenvalue weighted by Crippen LogP contribution is -2.24. The molecule has 0 fully saturated rings. The summed E-state index contributed by atoms with van der Waals surface area (Å²) in [7, 11) is 1.40. The number of anilines is 1. The first-order valence-electron chi connectivity index (χ1n) is 10.1. The zero-order valence-electron chi connectivity index (χ0n) is 17.5. The first-order valence-corrected chi connectivity index (χ1v) is 10.1. The molecule has 0 radical (unpaired) electrons. The number of carboxylic acid groups (broad SMARTS) is 1. The molecule has 0 unspecified atom stereocenters. The largest absolute Gasteiger partial charge is 0.493 e. The van der Waals surface area contributed by atoms with E-state index >= 15 is 0 Å². The van der Waals surface area contributed by atoms with E-state index in [1.54, 1.807) is 0 Å². The van der Waals surface area contributed by atoms with Crippen molar-refractivity contribution in [2.75, 3.05) is 26.1 Å². The van der Waals surface area contributed by atoms with E-state index in [9.17, 15) is 4.79 Å². The molecule has 0 aromatic heterocycles. The molecule has 0 amide bonds. The van der Waals surface area contributed by atoms with Crippen LogP contribution in [-0.4, -0.2) is 37.5 Å². The van der Waals surface area contributed by atoms with Gasteiger partial charge in [-0.2, -0.15) is 0 Å². The van der Waals surface area contributed by atoms with Gasteiger partial charge in [0, 0.05) is 25.6 Å². The van der Waals surface area contributed by atoms with Crippen molar-refractivity contribution in [3.63, 3.8) is 0 Å². The average Bonchev–Trinajstić information content (AvgIpc) is 2.79. The monoisotopic (exact) mass is 421 g/mol. The van der Waals surface area contributed by atoms with Gasteiger partial charge < -0.3 is 25.1 Å². The molecule has 3 aromatic carbocycles. The predicted octanol–water partition coefficient (Wildman–Crippen LogP) is 4.43. The van der Waals surface area contributed by atoms with E-state index in [2.05, 4.69) is 0 Å². The molecule has 0 saturated carbocycles. The highest BCUT2D eigenvalue weighted by atomic mass is 16.5. The smallest absolute Gasteiger partial charge is 0.333 e. The van der Waals surface area contributed by atoms with Crippen LogP contribution < -0.4 is 15.2 Å². The number of ether oxygens (including phenoxy) is 3. The molecule has 3 N–H and O–H groups in total. The zero-order valence-corrected chi connectivity index (χ0v) is 17.5. The summed E-state index contributed by atoms with van der Waals surface area (Å²) < 4.78 is 16.5. The van der Waals surface area contributed by atoms with Crippen LogP contribution in [-0.2, 0) is 16.0 Å². The third-order valence-electron chi connectivity index (χ3n) is 4.83. The lowest BCUT2D eigenvalue weighted by Gasteiger charge is -2.11. The van der Waals surface area contributed by atoms with E-state index in [4.69, 9.17) is 25.1 Å². The van der Waals surface area contributed by atoms with Crippen molar-refractivity contribution in [2.45, 2.75) is 18.9 Å². The molecule has 3 rings (SSSR count). The number of hydrogen-bond donors (Lipinski definition) is 2. The maximum atomic E-state index is 11.0. The molecule has 0 aliphatic rings.